The highest BCUT2D eigenvalue weighted by Gasteiger charge is 2.07. The van der Waals surface area contributed by atoms with Gasteiger partial charge in [0, 0.05) is 23.6 Å². The molecule has 0 atom stereocenters. The van der Waals surface area contributed by atoms with Gasteiger partial charge in [0.25, 0.3) is 11.8 Å². The number of nitrogens with one attached hydrogen (secondary N) is 1. The molecule has 0 fully saturated rings. The molecular weight excluding hydrogens is 380 g/mol. The molecule has 28 heavy (non-hydrogen) atoms. The first kappa shape index (κ1) is 19.2. The third-order valence-corrected chi connectivity index (χ3v) is 4.01. The van der Waals surface area contributed by atoms with Crippen LogP contribution in [0.1, 0.15) is 15.9 Å². The van der Waals surface area contributed by atoms with Crippen LogP contribution in [0.25, 0.3) is 5.69 Å². The van der Waals surface area contributed by atoms with Gasteiger partial charge in [-0.1, -0.05) is 17.7 Å². The summed E-state index contributed by atoms with van der Waals surface area (Å²) in [6.45, 7) is -0.259. The minimum Gasteiger partial charge on any atom is -0.482 e. The summed E-state index contributed by atoms with van der Waals surface area (Å²) in [7, 11) is 0. The van der Waals surface area contributed by atoms with Crippen LogP contribution in [-0.2, 0) is 4.79 Å². The van der Waals surface area contributed by atoms with Gasteiger partial charge in [0.1, 0.15) is 5.75 Å². The lowest BCUT2D eigenvalue weighted by molar-refractivity contribution is -0.119. The molecule has 1 aromatic heterocycles. The zero-order valence-corrected chi connectivity index (χ0v) is 15.5. The molecule has 0 aliphatic heterocycles. The molecule has 0 spiro atoms. The van der Waals surface area contributed by atoms with Crippen LogP contribution in [0.4, 0.5) is 0 Å². The second-order valence-corrected chi connectivity index (χ2v) is 6.19. The van der Waals surface area contributed by atoms with Crippen molar-refractivity contribution in [2.45, 2.75) is 0 Å². The maximum atomic E-state index is 12.3. The van der Waals surface area contributed by atoms with E-state index in [0.717, 1.165) is 5.69 Å². The number of nitrogens with two attached hydrogens (primary N) is 1. The number of hydrogen-bond donors (Lipinski definition) is 2. The highest BCUT2D eigenvalue weighted by atomic mass is 35.5. The van der Waals surface area contributed by atoms with Crippen LogP contribution in [-0.4, -0.2) is 29.2 Å². The van der Waals surface area contributed by atoms with Crippen molar-refractivity contribution in [3.8, 4) is 11.4 Å². The molecule has 0 bridgehead atoms. The van der Waals surface area contributed by atoms with E-state index in [4.69, 9.17) is 22.1 Å². The van der Waals surface area contributed by atoms with E-state index < -0.39 is 5.91 Å². The van der Waals surface area contributed by atoms with E-state index in [1.165, 1.54) is 6.21 Å². The van der Waals surface area contributed by atoms with Gasteiger partial charge < -0.3 is 15.0 Å². The van der Waals surface area contributed by atoms with Crippen molar-refractivity contribution in [1.29, 1.82) is 0 Å². The van der Waals surface area contributed by atoms with E-state index >= 15 is 0 Å². The number of nitrogens with zero attached hydrogens (tertiary/aromatic N) is 2. The van der Waals surface area contributed by atoms with Gasteiger partial charge in [-0.3, -0.25) is 9.59 Å². The minimum atomic E-state index is -0.592. The minimum absolute atomic E-state index is 0.259. The molecule has 0 unspecified atom stereocenters. The fourth-order valence-electron chi connectivity index (χ4n) is 2.41. The van der Waals surface area contributed by atoms with Crippen LogP contribution in [0.3, 0.4) is 0 Å². The molecule has 8 heteroatoms. The molecule has 0 saturated heterocycles. The van der Waals surface area contributed by atoms with Gasteiger partial charge in [0.15, 0.2) is 6.61 Å². The Morgan fingerprint density at radius 3 is 2.64 bits per heavy atom. The Morgan fingerprint density at radius 1 is 1.14 bits per heavy atom. The van der Waals surface area contributed by atoms with Crippen LogP contribution in [0.15, 0.2) is 72.1 Å². The molecule has 0 aliphatic rings. The topological polar surface area (TPSA) is 98.7 Å². The van der Waals surface area contributed by atoms with Crippen LogP contribution < -0.4 is 15.9 Å². The molecule has 3 aromatic rings. The fraction of sp³-hybridized carbons (Fsp3) is 0.0500. The SMILES string of the molecule is NC(=O)COc1ccc(C=NNC(=O)c2cccc(-n3cccc3)c2)cc1Cl. The lowest BCUT2D eigenvalue weighted by Gasteiger charge is -2.06. The smallest absolute Gasteiger partial charge is 0.271 e. The van der Waals surface area contributed by atoms with Crippen molar-refractivity contribution in [2.24, 2.45) is 10.8 Å². The average Bonchev–Trinajstić information content (AvgIpc) is 3.22. The molecule has 3 N–H and O–H groups in total. The summed E-state index contributed by atoms with van der Waals surface area (Å²) in [4.78, 5) is 23.1. The Balaban J connectivity index is 1.63. The third-order valence-electron chi connectivity index (χ3n) is 3.72. The molecular formula is C20H17ClN4O3. The molecule has 7 nitrogen and oxygen atoms in total. The van der Waals surface area contributed by atoms with Gasteiger partial charge in [-0.2, -0.15) is 5.10 Å². The predicted molar refractivity (Wildman–Crippen MR) is 107 cm³/mol. The zero-order chi connectivity index (χ0) is 19.9. The van der Waals surface area contributed by atoms with E-state index in [-0.39, 0.29) is 12.5 Å². The van der Waals surface area contributed by atoms with E-state index in [1.54, 1.807) is 36.4 Å². The quantitative estimate of drug-likeness (QED) is 0.474. The van der Waals surface area contributed by atoms with Crippen molar-refractivity contribution in [3.63, 3.8) is 0 Å². The summed E-state index contributed by atoms with van der Waals surface area (Å²) < 4.78 is 7.08. The average molecular weight is 397 g/mol. The van der Waals surface area contributed by atoms with Crippen LogP contribution in [0.2, 0.25) is 5.02 Å². The summed E-state index contributed by atoms with van der Waals surface area (Å²) in [5.41, 5.74) is 9.52. The molecule has 1 heterocycles. The van der Waals surface area contributed by atoms with Crippen molar-refractivity contribution < 1.29 is 14.3 Å². The summed E-state index contributed by atoms with van der Waals surface area (Å²) in [6, 6.07) is 15.9. The normalized spacial score (nSPS) is 10.8. The van der Waals surface area contributed by atoms with Gasteiger partial charge in [0.2, 0.25) is 0 Å². The largest absolute Gasteiger partial charge is 0.482 e. The van der Waals surface area contributed by atoms with E-state index in [1.807, 2.05) is 35.2 Å². The molecule has 0 saturated carbocycles. The number of ether oxygens (including phenoxy) is 1. The first-order valence-electron chi connectivity index (χ1n) is 8.30. The Bertz CT molecular complexity index is 1020. The van der Waals surface area contributed by atoms with E-state index in [9.17, 15) is 9.59 Å². The van der Waals surface area contributed by atoms with Gasteiger partial charge in [-0.05, 0) is 54.1 Å². The number of rotatable bonds is 7. The van der Waals surface area contributed by atoms with Crippen molar-refractivity contribution >= 4 is 29.6 Å². The van der Waals surface area contributed by atoms with Gasteiger partial charge >= 0.3 is 0 Å². The summed E-state index contributed by atoms with van der Waals surface area (Å²) in [5, 5.41) is 4.25. The maximum absolute atomic E-state index is 12.3. The van der Waals surface area contributed by atoms with Crippen LogP contribution in [0, 0.1) is 0 Å². The molecule has 3 rings (SSSR count). The Labute approximate surface area is 166 Å². The van der Waals surface area contributed by atoms with Gasteiger partial charge in [-0.15, -0.1) is 0 Å². The summed E-state index contributed by atoms with van der Waals surface area (Å²) in [6.07, 6.45) is 5.25. The van der Waals surface area contributed by atoms with E-state index in [2.05, 4.69) is 10.5 Å². The van der Waals surface area contributed by atoms with Crippen molar-refractivity contribution in [2.75, 3.05) is 6.61 Å². The van der Waals surface area contributed by atoms with Crippen LogP contribution in [0.5, 0.6) is 5.75 Å². The zero-order valence-electron chi connectivity index (χ0n) is 14.7. The first-order chi connectivity index (χ1) is 13.5. The Morgan fingerprint density at radius 2 is 1.93 bits per heavy atom. The highest BCUT2D eigenvalue weighted by molar-refractivity contribution is 6.32. The summed E-state index contributed by atoms with van der Waals surface area (Å²) in [5.74, 6) is -0.591. The second kappa shape index (κ2) is 8.88. The van der Waals surface area contributed by atoms with Crippen LogP contribution >= 0.6 is 11.6 Å². The Hall–Kier alpha value is -3.58. The fourth-order valence-corrected chi connectivity index (χ4v) is 2.65. The first-order valence-corrected chi connectivity index (χ1v) is 8.68. The number of hydrogen-bond acceptors (Lipinski definition) is 4. The molecule has 142 valence electrons. The van der Waals surface area contributed by atoms with Gasteiger partial charge in [-0.25, -0.2) is 5.43 Å². The molecule has 0 aliphatic carbocycles. The third kappa shape index (κ3) is 4.99. The molecule has 2 aromatic carbocycles. The number of halogens is 1. The van der Waals surface area contributed by atoms with E-state index in [0.29, 0.717) is 21.9 Å². The predicted octanol–water partition coefficient (Wildman–Crippen LogP) is 2.76. The number of benzene rings is 2. The number of carbonyl (C=O) groups excluding carboxylic acids is 2. The number of amides is 2. The molecule has 0 radical (unpaired) electrons. The number of primary amides is 1. The molecule has 2 amide bonds. The number of hydrazone groups is 1. The standard InChI is InChI=1S/C20H17ClN4O3/c21-17-10-14(6-7-18(17)28-13-19(22)26)12-23-24-20(27)15-4-3-5-16(11-15)25-8-1-2-9-25/h1-12H,13H2,(H2,22,26)(H,24,27). The second-order valence-electron chi connectivity index (χ2n) is 5.78. The van der Waals surface area contributed by atoms with Crippen molar-refractivity contribution in [1.82, 2.24) is 9.99 Å². The number of aromatic nitrogens is 1. The monoisotopic (exact) mass is 396 g/mol. The highest BCUT2D eigenvalue weighted by Crippen LogP contribution is 2.24. The number of carbonyl (C=O) groups is 2. The summed E-state index contributed by atoms with van der Waals surface area (Å²) >= 11 is 6.09. The lowest BCUT2D eigenvalue weighted by atomic mass is 10.2. The Kier molecular flexibility index (Phi) is 6.08. The van der Waals surface area contributed by atoms with Crippen molar-refractivity contribution in [3.05, 3.63) is 83.1 Å². The van der Waals surface area contributed by atoms with Gasteiger partial charge in [0.05, 0.1) is 11.2 Å². The maximum Gasteiger partial charge on any atom is 0.271 e. The lowest BCUT2D eigenvalue weighted by Crippen LogP contribution is -2.20.